The van der Waals surface area contributed by atoms with Crippen LogP contribution in [0.5, 0.6) is 11.5 Å². The summed E-state index contributed by atoms with van der Waals surface area (Å²) in [5.74, 6) is -1.49. The second-order valence-electron chi connectivity index (χ2n) is 8.27. The first-order valence-electron chi connectivity index (χ1n) is 12.1. The molecule has 3 N–H and O–H groups in total. The molecule has 0 radical (unpaired) electrons. The topological polar surface area (TPSA) is 173 Å². The number of amides is 1. The predicted octanol–water partition coefficient (Wildman–Crippen LogP) is 3.42. The third kappa shape index (κ3) is 5.90. The molecule has 0 bridgehead atoms. The number of nitrogens with zero attached hydrogens (tertiary/aromatic N) is 6. The van der Waals surface area contributed by atoms with Gasteiger partial charge in [-0.25, -0.2) is 19.2 Å². The number of anilines is 1. The van der Waals surface area contributed by atoms with Gasteiger partial charge in [0.05, 0.1) is 18.4 Å². The van der Waals surface area contributed by atoms with Crippen molar-refractivity contribution in [2.75, 3.05) is 12.3 Å². The van der Waals surface area contributed by atoms with Crippen molar-refractivity contribution in [1.82, 2.24) is 30.7 Å². The molecule has 0 aliphatic heterocycles. The lowest BCUT2D eigenvalue weighted by Crippen LogP contribution is -2.22. The third-order valence-electron chi connectivity index (χ3n) is 5.56. The van der Waals surface area contributed by atoms with Gasteiger partial charge in [0.15, 0.2) is 17.2 Å². The number of benzene rings is 3. The van der Waals surface area contributed by atoms with Crippen molar-refractivity contribution < 1.29 is 28.1 Å². The summed E-state index contributed by atoms with van der Waals surface area (Å²) in [6.45, 7) is 2.06. The number of carbonyl (C=O) groups is 2. The highest BCUT2D eigenvalue weighted by Crippen LogP contribution is 2.29. The molecule has 0 saturated carbocycles. The van der Waals surface area contributed by atoms with E-state index in [2.05, 4.69) is 35.8 Å². The minimum atomic E-state index is -0.679. The Morgan fingerprint density at radius 3 is 2.56 bits per heavy atom. The molecule has 5 aromatic rings. The number of nitrogen functional groups attached to an aromatic ring is 1. The lowest BCUT2D eigenvalue weighted by molar-refractivity contribution is 0.0728. The summed E-state index contributed by atoms with van der Waals surface area (Å²) >= 11 is 0. The summed E-state index contributed by atoms with van der Waals surface area (Å²) in [4.78, 5) is 25.7. The molecule has 41 heavy (non-hydrogen) atoms. The van der Waals surface area contributed by atoms with Crippen LogP contribution >= 0.6 is 0 Å². The molecule has 13 nitrogen and oxygen atoms in total. The molecule has 0 aliphatic carbocycles. The summed E-state index contributed by atoms with van der Waals surface area (Å²) in [7, 11) is 0. The van der Waals surface area contributed by atoms with Gasteiger partial charge in [0.2, 0.25) is 11.6 Å². The van der Waals surface area contributed by atoms with Gasteiger partial charge >= 0.3 is 5.97 Å². The van der Waals surface area contributed by atoms with E-state index in [9.17, 15) is 14.0 Å². The molecule has 1 amide bonds. The number of carbonyl (C=O) groups excluding carboxylic acids is 2. The first-order chi connectivity index (χ1) is 19.9. The molecule has 0 saturated heterocycles. The Bertz CT molecular complexity index is 1720. The molecule has 0 atom stereocenters. The number of halogens is 1. The highest BCUT2D eigenvalue weighted by Gasteiger charge is 2.26. The number of nitrogens with two attached hydrogens (primary N) is 1. The fourth-order valence-electron chi connectivity index (χ4n) is 3.68. The molecule has 0 aliphatic rings. The number of hydrazone groups is 1. The quantitative estimate of drug-likeness (QED) is 0.119. The Morgan fingerprint density at radius 2 is 1.85 bits per heavy atom. The van der Waals surface area contributed by atoms with Gasteiger partial charge in [-0.05, 0) is 65.3 Å². The highest BCUT2D eigenvalue weighted by atomic mass is 19.1. The monoisotopic (exact) mass is 556 g/mol. The molecule has 14 heteroatoms. The van der Waals surface area contributed by atoms with Crippen molar-refractivity contribution in [3.05, 3.63) is 95.4 Å². The molecule has 0 spiro atoms. The van der Waals surface area contributed by atoms with E-state index in [-0.39, 0.29) is 46.7 Å². The number of nitrogens with one attached hydrogen (secondary N) is 1. The maximum atomic E-state index is 13.3. The van der Waals surface area contributed by atoms with E-state index in [4.69, 9.17) is 15.2 Å². The summed E-state index contributed by atoms with van der Waals surface area (Å²) in [5.41, 5.74) is 9.82. The SMILES string of the molecule is CCOc1cc(C=NNC(=O)c2c(-c3ccccc3)nnn2-c2nonc2N)ccc1OC(=O)c1ccc(F)cc1. The largest absolute Gasteiger partial charge is 0.490 e. The van der Waals surface area contributed by atoms with Gasteiger partial charge in [-0.3, -0.25) is 4.79 Å². The standard InChI is InChI=1S/C27H21FN8O5/c1-2-39-21-14-16(8-13-20(21)40-27(38)18-9-11-19(28)12-10-18)15-30-32-26(37)23-22(17-6-4-3-5-7-17)31-35-36(23)25-24(29)33-41-34-25/h3-15H,2H2,1H3,(H2,29,33)(H,32,37). The number of ether oxygens (including phenoxy) is 2. The van der Waals surface area contributed by atoms with Crippen LogP contribution in [0.4, 0.5) is 10.2 Å². The van der Waals surface area contributed by atoms with E-state index in [0.717, 1.165) is 16.8 Å². The molecular weight excluding hydrogens is 535 g/mol. The number of aromatic nitrogens is 5. The summed E-state index contributed by atoms with van der Waals surface area (Å²) < 4.78 is 30.0. The van der Waals surface area contributed by atoms with E-state index in [1.165, 1.54) is 24.4 Å². The lowest BCUT2D eigenvalue weighted by Gasteiger charge is -2.11. The summed E-state index contributed by atoms with van der Waals surface area (Å²) in [5, 5.41) is 19.4. The number of hydrogen-bond acceptors (Lipinski definition) is 11. The van der Waals surface area contributed by atoms with Crippen LogP contribution in [0.1, 0.15) is 33.3 Å². The maximum absolute atomic E-state index is 13.3. The average molecular weight is 557 g/mol. The van der Waals surface area contributed by atoms with Gasteiger partial charge in [-0.2, -0.15) is 9.78 Å². The first-order valence-corrected chi connectivity index (χ1v) is 12.1. The van der Waals surface area contributed by atoms with Crippen molar-refractivity contribution >= 4 is 23.9 Å². The van der Waals surface area contributed by atoms with Gasteiger partial charge in [-0.15, -0.1) is 5.10 Å². The van der Waals surface area contributed by atoms with Crippen molar-refractivity contribution in [2.24, 2.45) is 5.10 Å². The van der Waals surface area contributed by atoms with E-state index < -0.39 is 17.7 Å². The van der Waals surface area contributed by atoms with Gasteiger partial charge in [0, 0.05) is 5.56 Å². The average Bonchev–Trinajstić information content (AvgIpc) is 3.61. The predicted molar refractivity (Wildman–Crippen MR) is 143 cm³/mol. The van der Waals surface area contributed by atoms with Crippen LogP contribution in [0.2, 0.25) is 0 Å². The Labute approximate surface area is 231 Å². The molecule has 2 heterocycles. The van der Waals surface area contributed by atoms with Gasteiger partial charge in [0.1, 0.15) is 11.5 Å². The van der Waals surface area contributed by atoms with Crippen LogP contribution in [-0.4, -0.2) is 50.0 Å². The van der Waals surface area contributed by atoms with Crippen LogP contribution in [0.25, 0.3) is 17.1 Å². The normalized spacial score (nSPS) is 11.0. The number of esters is 1. The van der Waals surface area contributed by atoms with Gasteiger partial charge < -0.3 is 15.2 Å². The van der Waals surface area contributed by atoms with Crippen molar-refractivity contribution in [3.8, 4) is 28.6 Å². The van der Waals surface area contributed by atoms with Gasteiger partial charge in [0.25, 0.3) is 5.91 Å². The van der Waals surface area contributed by atoms with Crippen molar-refractivity contribution in [3.63, 3.8) is 0 Å². The molecule has 5 rings (SSSR count). The second kappa shape index (κ2) is 11.9. The second-order valence-corrected chi connectivity index (χ2v) is 8.27. The minimum absolute atomic E-state index is 0.00573. The summed E-state index contributed by atoms with van der Waals surface area (Å²) in [6.07, 6.45) is 1.37. The molecule has 0 unspecified atom stereocenters. The van der Waals surface area contributed by atoms with Gasteiger partial charge in [-0.1, -0.05) is 35.5 Å². The molecule has 3 aromatic carbocycles. The lowest BCUT2D eigenvalue weighted by atomic mass is 10.1. The zero-order valence-electron chi connectivity index (χ0n) is 21.4. The van der Waals surface area contributed by atoms with E-state index in [1.807, 2.05) is 6.07 Å². The number of rotatable bonds is 9. The molecule has 0 fully saturated rings. The van der Waals surface area contributed by atoms with Crippen molar-refractivity contribution in [1.29, 1.82) is 0 Å². The maximum Gasteiger partial charge on any atom is 0.343 e. The zero-order chi connectivity index (χ0) is 28.8. The minimum Gasteiger partial charge on any atom is -0.490 e. The fraction of sp³-hybridized carbons (Fsp3) is 0.0741. The molecular formula is C27H21FN8O5. The van der Waals surface area contributed by atoms with Crippen LogP contribution < -0.4 is 20.6 Å². The first kappa shape index (κ1) is 26.7. The molecule has 206 valence electrons. The van der Waals surface area contributed by atoms with E-state index in [0.29, 0.717) is 11.1 Å². The Kier molecular flexibility index (Phi) is 7.72. The van der Waals surface area contributed by atoms with Crippen LogP contribution in [0.3, 0.4) is 0 Å². The van der Waals surface area contributed by atoms with Crippen LogP contribution in [-0.2, 0) is 0 Å². The zero-order valence-corrected chi connectivity index (χ0v) is 21.4. The van der Waals surface area contributed by atoms with Crippen LogP contribution in [0, 0.1) is 5.82 Å². The fourth-order valence-corrected chi connectivity index (χ4v) is 3.68. The Morgan fingerprint density at radius 1 is 1.07 bits per heavy atom. The Balaban J connectivity index is 1.36. The third-order valence-corrected chi connectivity index (χ3v) is 5.56. The van der Waals surface area contributed by atoms with E-state index >= 15 is 0 Å². The van der Waals surface area contributed by atoms with E-state index in [1.54, 1.807) is 43.3 Å². The number of hydrogen-bond donors (Lipinski definition) is 2. The van der Waals surface area contributed by atoms with Crippen LogP contribution in [0.15, 0.2) is 82.5 Å². The summed E-state index contributed by atoms with van der Waals surface area (Å²) in [6, 6.07) is 18.6. The van der Waals surface area contributed by atoms with Crippen molar-refractivity contribution in [2.45, 2.75) is 6.92 Å². The smallest absolute Gasteiger partial charge is 0.343 e. The molecule has 2 aromatic heterocycles. The Hall–Kier alpha value is -5.92. The highest BCUT2D eigenvalue weighted by molar-refractivity contribution is 5.99.